The number of fused-ring (bicyclic) bond motifs is 1. The lowest BCUT2D eigenvalue weighted by molar-refractivity contribution is 0.276. The molecule has 168 valence electrons. The van der Waals surface area contributed by atoms with Crippen molar-refractivity contribution in [1.29, 1.82) is 5.26 Å². The second-order valence-electron chi connectivity index (χ2n) is 8.30. The highest BCUT2D eigenvalue weighted by Gasteiger charge is 2.20. The molecule has 32 heavy (non-hydrogen) atoms. The van der Waals surface area contributed by atoms with Gasteiger partial charge < -0.3 is 9.47 Å². The van der Waals surface area contributed by atoms with E-state index in [9.17, 15) is 9.59 Å². The SMILES string of the molecule is CCCCn1c(=O)[nH]c(=O)c2c1nc(CN1CCCN(c3ccc(C#N)cc3)CC1)n2C. The van der Waals surface area contributed by atoms with Crippen molar-refractivity contribution in [2.24, 2.45) is 7.05 Å². The van der Waals surface area contributed by atoms with E-state index in [2.05, 4.69) is 27.8 Å². The average molecular weight is 436 g/mol. The molecular weight excluding hydrogens is 406 g/mol. The van der Waals surface area contributed by atoms with Crippen LogP contribution in [0.2, 0.25) is 0 Å². The van der Waals surface area contributed by atoms with Crippen LogP contribution in [-0.4, -0.2) is 50.2 Å². The number of hydrogen-bond donors (Lipinski definition) is 1. The second kappa shape index (κ2) is 9.40. The molecule has 9 nitrogen and oxygen atoms in total. The van der Waals surface area contributed by atoms with Crippen LogP contribution in [0.4, 0.5) is 5.69 Å². The molecule has 4 rings (SSSR count). The molecule has 0 amide bonds. The van der Waals surface area contributed by atoms with Gasteiger partial charge in [-0.15, -0.1) is 0 Å². The Morgan fingerprint density at radius 2 is 1.91 bits per heavy atom. The molecule has 9 heteroatoms. The molecule has 1 aliphatic heterocycles. The molecule has 2 aromatic heterocycles. The van der Waals surface area contributed by atoms with Crippen LogP contribution in [0.15, 0.2) is 33.9 Å². The summed E-state index contributed by atoms with van der Waals surface area (Å²) >= 11 is 0. The number of aromatic amines is 1. The summed E-state index contributed by atoms with van der Waals surface area (Å²) in [6, 6.07) is 9.87. The van der Waals surface area contributed by atoms with E-state index in [1.165, 1.54) is 0 Å². The zero-order chi connectivity index (χ0) is 22.7. The summed E-state index contributed by atoms with van der Waals surface area (Å²) in [5.74, 6) is 0.785. The first-order valence-electron chi connectivity index (χ1n) is 11.2. The third-order valence-electron chi connectivity index (χ3n) is 6.16. The maximum Gasteiger partial charge on any atom is 0.330 e. The highest BCUT2D eigenvalue weighted by molar-refractivity contribution is 5.70. The molecule has 3 aromatic rings. The molecule has 0 aliphatic carbocycles. The van der Waals surface area contributed by atoms with Crippen molar-refractivity contribution in [3.63, 3.8) is 0 Å². The Morgan fingerprint density at radius 1 is 1.12 bits per heavy atom. The maximum atomic E-state index is 12.5. The highest BCUT2D eigenvalue weighted by atomic mass is 16.2. The zero-order valence-electron chi connectivity index (χ0n) is 18.7. The number of rotatable bonds is 6. The first-order chi connectivity index (χ1) is 15.5. The first kappa shape index (κ1) is 21.8. The van der Waals surface area contributed by atoms with Gasteiger partial charge in [0.05, 0.1) is 18.2 Å². The number of anilines is 1. The van der Waals surface area contributed by atoms with Gasteiger partial charge in [0.1, 0.15) is 5.82 Å². The Labute approximate surface area is 186 Å². The van der Waals surface area contributed by atoms with Crippen molar-refractivity contribution in [3.8, 4) is 6.07 Å². The molecule has 1 N–H and O–H groups in total. The van der Waals surface area contributed by atoms with Crippen molar-refractivity contribution in [2.75, 3.05) is 31.1 Å². The number of imidazole rings is 1. The molecule has 0 radical (unpaired) electrons. The standard InChI is InChI=1S/C23H29N7O2/c1-3-4-12-30-21-20(22(31)26-23(30)32)27(2)19(25-21)16-28-10-5-11-29(14-13-28)18-8-6-17(15-24)7-9-18/h6-9H,3-5,10-14,16H2,1-2H3,(H,26,31,32). The minimum Gasteiger partial charge on any atom is -0.370 e. The predicted molar refractivity (Wildman–Crippen MR) is 124 cm³/mol. The monoisotopic (exact) mass is 435 g/mol. The summed E-state index contributed by atoms with van der Waals surface area (Å²) in [5.41, 5.74) is 1.93. The number of nitriles is 1. The smallest absolute Gasteiger partial charge is 0.330 e. The van der Waals surface area contributed by atoms with Crippen LogP contribution in [0.1, 0.15) is 37.6 Å². The van der Waals surface area contributed by atoms with Gasteiger partial charge in [-0.1, -0.05) is 13.3 Å². The van der Waals surface area contributed by atoms with Crippen LogP contribution >= 0.6 is 0 Å². The maximum absolute atomic E-state index is 12.5. The molecule has 0 bridgehead atoms. The van der Waals surface area contributed by atoms with Gasteiger partial charge in [0.2, 0.25) is 0 Å². The van der Waals surface area contributed by atoms with Crippen molar-refractivity contribution in [3.05, 3.63) is 56.5 Å². The Hall–Kier alpha value is -3.38. The summed E-state index contributed by atoms with van der Waals surface area (Å²) < 4.78 is 3.40. The number of aryl methyl sites for hydroxylation is 2. The second-order valence-corrected chi connectivity index (χ2v) is 8.30. The zero-order valence-corrected chi connectivity index (χ0v) is 18.7. The molecule has 3 heterocycles. The molecule has 1 saturated heterocycles. The van der Waals surface area contributed by atoms with Crippen molar-refractivity contribution in [2.45, 2.75) is 39.3 Å². The van der Waals surface area contributed by atoms with Gasteiger partial charge >= 0.3 is 5.69 Å². The van der Waals surface area contributed by atoms with E-state index in [1.54, 1.807) is 4.57 Å². The molecule has 1 aromatic carbocycles. The number of unbranched alkanes of at least 4 members (excludes halogenated alkanes) is 1. The number of hydrogen-bond acceptors (Lipinski definition) is 6. The summed E-state index contributed by atoms with van der Waals surface area (Å²) in [5, 5.41) is 9.01. The van der Waals surface area contributed by atoms with Gasteiger partial charge in [0.15, 0.2) is 11.2 Å². The molecule has 0 spiro atoms. The number of H-pyrrole nitrogens is 1. The van der Waals surface area contributed by atoms with E-state index in [4.69, 9.17) is 10.2 Å². The predicted octanol–water partition coefficient (Wildman–Crippen LogP) is 1.81. The van der Waals surface area contributed by atoms with Gasteiger partial charge in [-0.25, -0.2) is 9.78 Å². The van der Waals surface area contributed by atoms with E-state index in [0.29, 0.717) is 29.8 Å². The number of benzene rings is 1. The molecule has 1 fully saturated rings. The van der Waals surface area contributed by atoms with Crippen molar-refractivity contribution in [1.82, 2.24) is 24.0 Å². The lowest BCUT2D eigenvalue weighted by atomic mass is 10.2. The fourth-order valence-electron chi connectivity index (χ4n) is 4.29. The first-order valence-corrected chi connectivity index (χ1v) is 11.2. The molecule has 0 unspecified atom stereocenters. The van der Waals surface area contributed by atoms with E-state index in [0.717, 1.165) is 57.0 Å². The van der Waals surface area contributed by atoms with Crippen LogP contribution in [0.5, 0.6) is 0 Å². The minimum atomic E-state index is -0.395. The third-order valence-corrected chi connectivity index (χ3v) is 6.16. The summed E-state index contributed by atoms with van der Waals surface area (Å²) in [7, 11) is 1.84. The van der Waals surface area contributed by atoms with Crippen LogP contribution < -0.4 is 16.1 Å². The van der Waals surface area contributed by atoms with E-state index in [1.807, 2.05) is 35.9 Å². The molecule has 0 atom stereocenters. The van der Waals surface area contributed by atoms with Crippen molar-refractivity contribution >= 4 is 16.9 Å². The summed E-state index contributed by atoms with van der Waals surface area (Å²) in [6.45, 7) is 6.84. The molecular formula is C23H29N7O2. The normalized spacial score (nSPS) is 15.1. The molecule has 0 saturated carbocycles. The van der Waals surface area contributed by atoms with E-state index < -0.39 is 5.69 Å². The van der Waals surface area contributed by atoms with Crippen molar-refractivity contribution < 1.29 is 0 Å². The average Bonchev–Trinajstić information content (AvgIpc) is 2.96. The fourth-order valence-corrected chi connectivity index (χ4v) is 4.29. The van der Waals surface area contributed by atoms with Gasteiger partial charge in [-0.2, -0.15) is 5.26 Å². The largest absolute Gasteiger partial charge is 0.370 e. The van der Waals surface area contributed by atoms with Crippen LogP contribution in [0, 0.1) is 11.3 Å². The number of aromatic nitrogens is 4. The van der Waals surface area contributed by atoms with E-state index >= 15 is 0 Å². The van der Waals surface area contributed by atoms with Gasteiger partial charge in [0, 0.05) is 45.5 Å². The Kier molecular flexibility index (Phi) is 6.42. The third kappa shape index (κ3) is 4.32. The lowest BCUT2D eigenvalue weighted by Crippen LogP contribution is -2.31. The van der Waals surface area contributed by atoms with Crippen LogP contribution in [-0.2, 0) is 20.1 Å². The Bertz CT molecular complexity index is 1250. The number of nitrogens with one attached hydrogen (secondary N) is 1. The van der Waals surface area contributed by atoms with Crippen LogP contribution in [0.3, 0.4) is 0 Å². The highest BCUT2D eigenvalue weighted by Crippen LogP contribution is 2.19. The van der Waals surface area contributed by atoms with E-state index in [-0.39, 0.29) is 5.56 Å². The van der Waals surface area contributed by atoms with Gasteiger partial charge in [-0.3, -0.25) is 19.2 Å². The van der Waals surface area contributed by atoms with Crippen LogP contribution in [0.25, 0.3) is 11.2 Å². The Morgan fingerprint density at radius 3 is 2.62 bits per heavy atom. The van der Waals surface area contributed by atoms with Gasteiger partial charge in [-0.05, 0) is 37.1 Å². The van der Waals surface area contributed by atoms with Gasteiger partial charge in [0.25, 0.3) is 5.56 Å². The lowest BCUT2D eigenvalue weighted by Gasteiger charge is -2.23. The number of nitrogens with zero attached hydrogens (tertiary/aromatic N) is 6. The Balaban J connectivity index is 1.54. The fraction of sp³-hybridized carbons (Fsp3) is 0.478. The minimum absolute atomic E-state index is 0.387. The topological polar surface area (TPSA) is 103 Å². The summed E-state index contributed by atoms with van der Waals surface area (Å²) in [4.78, 5) is 36.7. The summed E-state index contributed by atoms with van der Waals surface area (Å²) in [6.07, 6.45) is 2.81. The quantitative estimate of drug-likeness (QED) is 0.633. The molecule has 1 aliphatic rings.